The van der Waals surface area contributed by atoms with Crippen molar-refractivity contribution in [3.8, 4) is 0 Å². The van der Waals surface area contributed by atoms with E-state index in [1.54, 1.807) is 7.11 Å². The Morgan fingerprint density at radius 1 is 1.60 bits per heavy atom. The minimum atomic E-state index is -2.49. The minimum Gasteiger partial charge on any atom is -0.383 e. The molecule has 1 aromatic rings. The van der Waals surface area contributed by atoms with E-state index in [0.717, 1.165) is 0 Å². The zero-order valence-corrected chi connectivity index (χ0v) is 8.83. The molecule has 0 aromatic carbocycles. The monoisotopic (exact) mass is 219 g/mol. The van der Waals surface area contributed by atoms with E-state index in [1.807, 2.05) is 0 Å². The molecule has 0 bridgehead atoms. The second-order valence-corrected chi connectivity index (χ2v) is 3.15. The van der Waals surface area contributed by atoms with Gasteiger partial charge in [-0.15, -0.1) is 0 Å². The lowest BCUT2D eigenvalue weighted by molar-refractivity contribution is 0.139. The van der Waals surface area contributed by atoms with Crippen molar-refractivity contribution in [2.75, 3.05) is 20.3 Å². The van der Waals surface area contributed by atoms with Crippen LogP contribution in [0.1, 0.15) is 17.7 Å². The number of nitrogens with zero attached hydrogens (tertiary/aromatic N) is 2. The van der Waals surface area contributed by atoms with Crippen molar-refractivity contribution in [3.63, 3.8) is 0 Å². The molecule has 4 nitrogen and oxygen atoms in total. The van der Waals surface area contributed by atoms with E-state index >= 15 is 0 Å². The number of alkyl halides is 2. The topological polar surface area (TPSA) is 39.1 Å². The molecule has 1 rings (SSSR count). The molecule has 1 aromatic heterocycles. The van der Waals surface area contributed by atoms with Gasteiger partial charge in [0.05, 0.1) is 12.8 Å². The van der Waals surface area contributed by atoms with Crippen LogP contribution >= 0.6 is 0 Å². The van der Waals surface area contributed by atoms with Crippen LogP contribution in [0.15, 0.2) is 6.20 Å². The summed E-state index contributed by atoms with van der Waals surface area (Å²) in [6, 6.07) is 0. The Kier molecular flexibility index (Phi) is 4.64. The third-order valence-electron chi connectivity index (χ3n) is 2.07. The second kappa shape index (κ2) is 5.77. The number of halogens is 2. The van der Waals surface area contributed by atoms with Crippen molar-refractivity contribution >= 4 is 0 Å². The highest BCUT2D eigenvalue weighted by molar-refractivity contribution is 5.18. The van der Waals surface area contributed by atoms with Crippen LogP contribution in [0.2, 0.25) is 0 Å². The van der Waals surface area contributed by atoms with Gasteiger partial charge in [0.1, 0.15) is 5.69 Å². The highest BCUT2D eigenvalue weighted by Gasteiger charge is 2.17. The molecule has 0 aliphatic carbocycles. The van der Waals surface area contributed by atoms with E-state index in [-0.39, 0.29) is 5.69 Å². The molecule has 86 valence electrons. The van der Waals surface area contributed by atoms with Crippen LogP contribution in [0.3, 0.4) is 0 Å². The molecule has 0 saturated carbocycles. The number of aromatic nitrogens is 2. The molecule has 1 heterocycles. The molecule has 0 radical (unpaired) electrons. The summed E-state index contributed by atoms with van der Waals surface area (Å²) in [4.78, 5) is 0. The number of aryl methyl sites for hydroxylation is 1. The fourth-order valence-electron chi connectivity index (χ4n) is 1.31. The summed E-state index contributed by atoms with van der Waals surface area (Å²) in [6.07, 6.45) is -1.03. The lowest BCUT2D eigenvalue weighted by Gasteiger charge is -2.06. The molecule has 0 fully saturated rings. The SMILES string of the molecule is COCCNCc1cnn(C)c1C(F)F. The first kappa shape index (κ1) is 12.1. The number of hydrogen-bond acceptors (Lipinski definition) is 3. The summed E-state index contributed by atoms with van der Waals surface area (Å²) in [7, 11) is 3.11. The minimum absolute atomic E-state index is 0.0279. The molecule has 0 saturated heterocycles. The Morgan fingerprint density at radius 3 is 2.93 bits per heavy atom. The van der Waals surface area contributed by atoms with Crippen molar-refractivity contribution < 1.29 is 13.5 Å². The fraction of sp³-hybridized carbons (Fsp3) is 0.667. The maximum absolute atomic E-state index is 12.6. The van der Waals surface area contributed by atoms with Crippen LogP contribution in [0.4, 0.5) is 8.78 Å². The number of methoxy groups -OCH3 is 1. The first-order valence-electron chi connectivity index (χ1n) is 4.65. The molecule has 6 heteroatoms. The van der Waals surface area contributed by atoms with Gasteiger partial charge in [-0.2, -0.15) is 5.10 Å². The Bertz CT molecular complexity index is 302. The molecular formula is C9H15F2N3O. The summed E-state index contributed by atoms with van der Waals surface area (Å²) in [6.45, 7) is 1.58. The summed E-state index contributed by atoms with van der Waals surface area (Å²) >= 11 is 0. The number of hydrogen-bond donors (Lipinski definition) is 1. The van der Waals surface area contributed by atoms with E-state index in [9.17, 15) is 8.78 Å². The van der Waals surface area contributed by atoms with Crippen molar-refractivity contribution in [3.05, 3.63) is 17.5 Å². The van der Waals surface area contributed by atoms with Gasteiger partial charge in [-0.1, -0.05) is 0 Å². The Balaban J connectivity index is 2.53. The maximum atomic E-state index is 12.6. The summed E-state index contributed by atoms with van der Waals surface area (Å²) in [5.74, 6) is 0. The van der Waals surface area contributed by atoms with Crippen LogP contribution in [0, 0.1) is 0 Å². The van der Waals surface area contributed by atoms with Gasteiger partial charge in [0.25, 0.3) is 6.43 Å². The largest absolute Gasteiger partial charge is 0.383 e. The van der Waals surface area contributed by atoms with Crippen molar-refractivity contribution in [2.24, 2.45) is 7.05 Å². The molecule has 1 N–H and O–H groups in total. The lowest BCUT2D eigenvalue weighted by Crippen LogP contribution is -2.19. The number of rotatable bonds is 6. The zero-order chi connectivity index (χ0) is 11.3. The van der Waals surface area contributed by atoms with E-state index in [0.29, 0.717) is 25.3 Å². The van der Waals surface area contributed by atoms with Gasteiger partial charge in [-0.25, -0.2) is 8.78 Å². The van der Waals surface area contributed by atoms with Gasteiger partial charge in [-0.05, 0) is 0 Å². The molecule has 0 spiro atoms. The zero-order valence-electron chi connectivity index (χ0n) is 8.83. The molecule has 0 amide bonds. The highest BCUT2D eigenvalue weighted by Crippen LogP contribution is 2.21. The highest BCUT2D eigenvalue weighted by atomic mass is 19.3. The normalized spacial score (nSPS) is 11.3. The van der Waals surface area contributed by atoms with Crippen LogP contribution in [0.5, 0.6) is 0 Å². The Hall–Kier alpha value is -1.01. The summed E-state index contributed by atoms with van der Waals surface area (Å²) < 4.78 is 31.2. The molecule has 0 aliphatic heterocycles. The second-order valence-electron chi connectivity index (χ2n) is 3.15. The van der Waals surface area contributed by atoms with Gasteiger partial charge in [0.15, 0.2) is 0 Å². The van der Waals surface area contributed by atoms with Gasteiger partial charge in [0, 0.05) is 32.8 Å². The molecule has 0 aliphatic rings. The van der Waals surface area contributed by atoms with E-state index in [2.05, 4.69) is 10.4 Å². The van der Waals surface area contributed by atoms with E-state index in [1.165, 1.54) is 17.9 Å². The molecule has 15 heavy (non-hydrogen) atoms. The third-order valence-corrected chi connectivity index (χ3v) is 2.07. The first-order valence-corrected chi connectivity index (χ1v) is 4.65. The van der Waals surface area contributed by atoms with Gasteiger partial charge in [-0.3, -0.25) is 4.68 Å². The van der Waals surface area contributed by atoms with Crippen molar-refractivity contribution in [1.82, 2.24) is 15.1 Å². The smallest absolute Gasteiger partial charge is 0.280 e. The average molecular weight is 219 g/mol. The number of ether oxygens (including phenoxy) is 1. The van der Waals surface area contributed by atoms with Crippen molar-refractivity contribution in [2.45, 2.75) is 13.0 Å². The van der Waals surface area contributed by atoms with Gasteiger partial charge >= 0.3 is 0 Å². The summed E-state index contributed by atoms with van der Waals surface area (Å²) in [5.41, 5.74) is 0.503. The van der Waals surface area contributed by atoms with Crippen molar-refractivity contribution in [1.29, 1.82) is 0 Å². The predicted octanol–water partition coefficient (Wildman–Crippen LogP) is 1.09. The van der Waals surface area contributed by atoms with Crippen LogP contribution in [-0.4, -0.2) is 30.0 Å². The van der Waals surface area contributed by atoms with E-state index < -0.39 is 6.43 Å². The predicted molar refractivity (Wildman–Crippen MR) is 51.7 cm³/mol. The molecule has 0 unspecified atom stereocenters. The Morgan fingerprint density at radius 2 is 2.33 bits per heavy atom. The summed E-state index contributed by atoms with van der Waals surface area (Å²) in [5, 5.41) is 6.80. The van der Waals surface area contributed by atoms with Crippen LogP contribution in [-0.2, 0) is 18.3 Å². The molecular weight excluding hydrogens is 204 g/mol. The quantitative estimate of drug-likeness (QED) is 0.728. The number of nitrogens with one attached hydrogen (secondary N) is 1. The average Bonchev–Trinajstić information content (AvgIpc) is 2.54. The van der Waals surface area contributed by atoms with E-state index in [4.69, 9.17) is 4.74 Å². The van der Waals surface area contributed by atoms with Crippen LogP contribution < -0.4 is 5.32 Å². The van der Waals surface area contributed by atoms with Gasteiger partial charge in [0.2, 0.25) is 0 Å². The maximum Gasteiger partial charge on any atom is 0.280 e. The first-order chi connectivity index (χ1) is 7.16. The standard InChI is InChI=1S/C9H15F2N3O/c1-14-8(9(10)11)7(6-13-14)5-12-3-4-15-2/h6,9,12H,3-5H2,1-2H3. The third kappa shape index (κ3) is 3.24. The lowest BCUT2D eigenvalue weighted by atomic mass is 10.2. The van der Waals surface area contributed by atoms with Crippen LogP contribution in [0.25, 0.3) is 0 Å². The van der Waals surface area contributed by atoms with Gasteiger partial charge < -0.3 is 10.1 Å². The molecule has 0 atom stereocenters. The Labute approximate surface area is 87.2 Å². The fourth-order valence-corrected chi connectivity index (χ4v) is 1.31.